The quantitative estimate of drug-likeness (QED) is 0.754. The number of benzene rings is 1. The number of carbonyl (C=O) groups is 1. The highest BCUT2D eigenvalue weighted by molar-refractivity contribution is 5.73. The van der Waals surface area contributed by atoms with Crippen LogP contribution in [-0.4, -0.2) is 26.2 Å². The van der Waals surface area contributed by atoms with Gasteiger partial charge in [-0.1, -0.05) is 12.1 Å². The molecule has 1 aliphatic carbocycles. The number of nitrogens with one attached hydrogen (secondary N) is 2. The van der Waals surface area contributed by atoms with Crippen molar-refractivity contribution in [1.29, 1.82) is 5.26 Å². The van der Waals surface area contributed by atoms with E-state index in [1.54, 1.807) is 7.11 Å². The van der Waals surface area contributed by atoms with E-state index in [4.69, 9.17) is 10.00 Å². The van der Waals surface area contributed by atoms with Crippen LogP contribution in [0.4, 0.5) is 4.79 Å². The van der Waals surface area contributed by atoms with Crippen LogP contribution in [0.5, 0.6) is 5.75 Å². The molecule has 0 unspecified atom stereocenters. The Hall–Kier alpha value is -2.22. The molecule has 1 aromatic rings. The Morgan fingerprint density at radius 2 is 2.08 bits per heavy atom. The number of nitrogens with zero attached hydrogens (tertiary/aromatic N) is 1. The van der Waals surface area contributed by atoms with Crippen LogP contribution in [0, 0.1) is 23.2 Å². The molecule has 2 amide bonds. The lowest BCUT2D eigenvalue weighted by atomic mass is 9.83. The number of nitriles is 1. The first-order valence-electron chi connectivity index (χ1n) is 8.75. The van der Waals surface area contributed by atoms with Crippen molar-refractivity contribution in [2.75, 3.05) is 20.2 Å². The first-order valence-corrected chi connectivity index (χ1v) is 8.75. The van der Waals surface area contributed by atoms with Crippen molar-refractivity contribution in [2.24, 2.45) is 11.8 Å². The second kappa shape index (κ2) is 9.82. The van der Waals surface area contributed by atoms with Gasteiger partial charge >= 0.3 is 6.03 Å². The molecule has 0 bridgehead atoms. The van der Waals surface area contributed by atoms with E-state index in [1.165, 1.54) is 5.56 Å². The molecule has 0 spiro atoms. The summed E-state index contributed by atoms with van der Waals surface area (Å²) < 4.78 is 5.21. The Bertz CT molecular complexity index is 560. The van der Waals surface area contributed by atoms with E-state index < -0.39 is 0 Å². The van der Waals surface area contributed by atoms with Gasteiger partial charge in [-0.25, -0.2) is 4.79 Å². The molecule has 0 saturated heterocycles. The van der Waals surface area contributed by atoms with E-state index in [9.17, 15) is 4.79 Å². The van der Waals surface area contributed by atoms with Gasteiger partial charge in [0.05, 0.1) is 13.2 Å². The molecule has 0 atom stereocenters. The molecule has 0 aliphatic heterocycles. The molecule has 1 fully saturated rings. The summed E-state index contributed by atoms with van der Waals surface area (Å²) >= 11 is 0. The molecular weight excluding hydrogens is 302 g/mol. The average molecular weight is 329 g/mol. The fourth-order valence-corrected chi connectivity index (χ4v) is 3.12. The van der Waals surface area contributed by atoms with Crippen molar-refractivity contribution < 1.29 is 9.53 Å². The first-order chi connectivity index (χ1) is 11.7. The third-order valence-electron chi connectivity index (χ3n) is 4.64. The van der Waals surface area contributed by atoms with Crippen molar-refractivity contribution in [3.63, 3.8) is 0 Å². The smallest absolute Gasteiger partial charge is 0.314 e. The predicted molar refractivity (Wildman–Crippen MR) is 93.8 cm³/mol. The van der Waals surface area contributed by atoms with Crippen molar-refractivity contribution in [2.45, 2.75) is 38.5 Å². The standard InChI is InChI=1S/C19H27N3O2/c1-24-18-6-2-4-15(12-18)5-3-11-21-19(23)22-14-17-9-7-16(13-20)8-10-17/h2,4,6,12,16-17H,3,5,7-11,14H2,1H3,(H2,21,22,23). The number of aryl methyl sites for hydroxylation is 1. The van der Waals surface area contributed by atoms with Crippen LogP contribution >= 0.6 is 0 Å². The van der Waals surface area contributed by atoms with Gasteiger partial charge in [-0.3, -0.25) is 0 Å². The number of hydrogen-bond acceptors (Lipinski definition) is 3. The zero-order valence-corrected chi connectivity index (χ0v) is 14.4. The minimum atomic E-state index is -0.0944. The maximum Gasteiger partial charge on any atom is 0.314 e. The normalized spacial score (nSPS) is 20.0. The lowest BCUT2D eigenvalue weighted by Gasteiger charge is -2.24. The van der Waals surface area contributed by atoms with Crippen LogP contribution < -0.4 is 15.4 Å². The Labute approximate surface area is 144 Å². The van der Waals surface area contributed by atoms with Crippen LogP contribution in [0.15, 0.2) is 24.3 Å². The lowest BCUT2D eigenvalue weighted by Crippen LogP contribution is -2.39. The highest BCUT2D eigenvalue weighted by Gasteiger charge is 2.20. The monoisotopic (exact) mass is 329 g/mol. The van der Waals surface area contributed by atoms with Crippen LogP contribution in [-0.2, 0) is 6.42 Å². The molecule has 1 aromatic carbocycles. The zero-order valence-electron chi connectivity index (χ0n) is 14.4. The van der Waals surface area contributed by atoms with E-state index in [0.717, 1.165) is 44.3 Å². The van der Waals surface area contributed by atoms with E-state index in [1.807, 2.05) is 18.2 Å². The molecule has 5 heteroatoms. The summed E-state index contributed by atoms with van der Waals surface area (Å²) in [7, 11) is 1.66. The summed E-state index contributed by atoms with van der Waals surface area (Å²) in [5, 5.41) is 14.7. The molecule has 2 N–H and O–H groups in total. The Balaban J connectivity index is 1.56. The molecule has 0 radical (unpaired) electrons. The number of ether oxygens (including phenoxy) is 1. The number of methoxy groups -OCH3 is 1. The third kappa shape index (κ3) is 6.11. The molecule has 24 heavy (non-hydrogen) atoms. The molecule has 2 rings (SSSR count). The number of carbonyl (C=O) groups excluding carboxylic acids is 1. The van der Waals surface area contributed by atoms with Crippen LogP contribution in [0.2, 0.25) is 0 Å². The van der Waals surface area contributed by atoms with Gasteiger partial charge in [0.15, 0.2) is 0 Å². The molecule has 130 valence electrons. The summed E-state index contributed by atoms with van der Waals surface area (Å²) in [6.07, 6.45) is 5.81. The van der Waals surface area contributed by atoms with Crippen molar-refractivity contribution in [1.82, 2.24) is 10.6 Å². The van der Waals surface area contributed by atoms with Crippen molar-refractivity contribution in [3.8, 4) is 11.8 Å². The number of rotatable bonds is 7. The summed E-state index contributed by atoms with van der Waals surface area (Å²) in [5.41, 5.74) is 1.21. The van der Waals surface area contributed by atoms with Gasteiger partial charge in [-0.05, 0) is 62.1 Å². The van der Waals surface area contributed by atoms with Gasteiger partial charge in [-0.2, -0.15) is 5.26 Å². The molecule has 5 nitrogen and oxygen atoms in total. The molecule has 0 aromatic heterocycles. The molecular formula is C19H27N3O2. The third-order valence-corrected chi connectivity index (χ3v) is 4.64. The molecule has 1 saturated carbocycles. The fraction of sp³-hybridized carbons (Fsp3) is 0.579. The van der Waals surface area contributed by atoms with Crippen LogP contribution in [0.3, 0.4) is 0 Å². The highest BCUT2D eigenvalue weighted by atomic mass is 16.5. The van der Waals surface area contributed by atoms with E-state index in [2.05, 4.69) is 22.8 Å². The lowest BCUT2D eigenvalue weighted by molar-refractivity contribution is 0.234. The Kier molecular flexibility index (Phi) is 7.41. The van der Waals surface area contributed by atoms with Crippen molar-refractivity contribution in [3.05, 3.63) is 29.8 Å². The van der Waals surface area contributed by atoms with Crippen LogP contribution in [0.25, 0.3) is 0 Å². The van der Waals surface area contributed by atoms with E-state index in [0.29, 0.717) is 19.0 Å². The van der Waals surface area contributed by atoms with E-state index in [-0.39, 0.29) is 11.9 Å². The summed E-state index contributed by atoms with van der Waals surface area (Å²) in [4.78, 5) is 11.8. The summed E-state index contributed by atoms with van der Waals surface area (Å²) in [6, 6.07) is 10.2. The molecule has 0 heterocycles. The summed E-state index contributed by atoms with van der Waals surface area (Å²) in [5.74, 6) is 1.59. The van der Waals surface area contributed by atoms with Gasteiger partial charge in [-0.15, -0.1) is 0 Å². The van der Waals surface area contributed by atoms with Gasteiger partial charge in [0.1, 0.15) is 5.75 Å². The molecule has 1 aliphatic rings. The Morgan fingerprint density at radius 1 is 1.29 bits per heavy atom. The average Bonchev–Trinajstić information content (AvgIpc) is 2.64. The van der Waals surface area contributed by atoms with Crippen molar-refractivity contribution >= 4 is 6.03 Å². The number of hydrogen-bond donors (Lipinski definition) is 2. The van der Waals surface area contributed by atoms with Gasteiger partial charge in [0, 0.05) is 19.0 Å². The van der Waals surface area contributed by atoms with Gasteiger partial charge in [0.2, 0.25) is 0 Å². The first kappa shape index (κ1) is 18.1. The Morgan fingerprint density at radius 3 is 2.79 bits per heavy atom. The SMILES string of the molecule is COc1cccc(CCCNC(=O)NCC2CCC(C#N)CC2)c1. The fourth-order valence-electron chi connectivity index (χ4n) is 3.12. The van der Waals surface area contributed by atoms with Crippen LogP contribution in [0.1, 0.15) is 37.7 Å². The van der Waals surface area contributed by atoms with Gasteiger partial charge < -0.3 is 15.4 Å². The zero-order chi connectivity index (χ0) is 17.2. The predicted octanol–water partition coefficient (Wildman–Crippen LogP) is 3.26. The van der Waals surface area contributed by atoms with Gasteiger partial charge in [0.25, 0.3) is 0 Å². The number of amides is 2. The maximum atomic E-state index is 11.8. The minimum Gasteiger partial charge on any atom is -0.497 e. The topological polar surface area (TPSA) is 74.2 Å². The minimum absolute atomic E-state index is 0.0944. The maximum absolute atomic E-state index is 11.8. The largest absolute Gasteiger partial charge is 0.497 e. The second-order valence-electron chi connectivity index (χ2n) is 6.44. The van der Waals surface area contributed by atoms with E-state index >= 15 is 0 Å². The second-order valence-corrected chi connectivity index (χ2v) is 6.44. The highest BCUT2D eigenvalue weighted by Crippen LogP contribution is 2.27. The summed E-state index contributed by atoms with van der Waals surface area (Å²) in [6.45, 7) is 1.37. The number of urea groups is 1.